The lowest BCUT2D eigenvalue weighted by Crippen LogP contribution is -2.22. The highest BCUT2D eigenvalue weighted by Crippen LogP contribution is 2.26. The summed E-state index contributed by atoms with van der Waals surface area (Å²) in [4.78, 5) is 21.2. The first-order valence-corrected chi connectivity index (χ1v) is 8.38. The second-order valence-corrected chi connectivity index (χ2v) is 6.06. The van der Waals surface area contributed by atoms with Crippen LogP contribution in [0.1, 0.15) is 16.8 Å². The van der Waals surface area contributed by atoms with Crippen molar-refractivity contribution in [3.05, 3.63) is 60.4 Å². The van der Waals surface area contributed by atoms with Crippen molar-refractivity contribution in [1.82, 2.24) is 15.3 Å². The Morgan fingerprint density at radius 3 is 2.73 bits per heavy atom. The maximum Gasteiger partial charge on any atom is 0.259 e. The largest absolute Gasteiger partial charge is 0.380 e. The number of anilines is 2. The number of hydrogen-bond donors (Lipinski definition) is 3. The Morgan fingerprint density at radius 2 is 1.96 bits per heavy atom. The summed E-state index contributed by atoms with van der Waals surface area (Å²) in [5.74, 6) is 0.312. The molecule has 6 nitrogen and oxygen atoms in total. The zero-order chi connectivity index (χ0) is 17.1. The van der Waals surface area contributed by atoms with Crippen LogP contribution < -0.4 is 16.0 Å². The first kappa shape index (κ1) is 18.1. The van der Waals surface area contributed by atoms with Crippen LogP contribution in [0.5, 0.6) is 0 Å². The van der Waals surface area contributed by atoms with Gasteiger partial charge in [-0.05, 0) is 49.4 Å². The molecule has 1 atom stereocenters. The Hall–Kier alpha value is -2.70. The minimum absolute atomic E-state index is 0. The Kier molecular flexibility index (Phi) is 5.65. The van der Waals surface area contributed by atoms with Crippen LogP contribution in [0.2, 0.25) is 0 Å². The van der Waals surface area contributed by atoms with Crippen LogP contribution in [0.4, 0.5) is 11.5 Å². The van der Waals surface area contributed by atoms with Crippen LogP contribution in [-0.4, -0.2) is 35.0 Å². The molecule has 4 rings (SSSR count). The predicted octanol–water partition coefficient (Wildman–Crippen LogP) is 3.08. The molecule has 0 saturated carbocycles. The number of amides is 1. The molecule has 134 valence electrons. The quantitative estimate of drug-likeness (QED) is 0.658. The number of fused-ring (bicyclic) bond motifs is 1. The maximum atomic E-state index is 12.7. The number of nitrogens with zero attached hydrogens (tertiary/aromatic N) is 2. The van der Waals surface area contributed by atoms with Gasteiger partial charge in [-0.3, -0.25) is 9.78 Å². The van der Waals surface area contributed by atoms with Crippen molar-refractivity contribution < 1.29 is 4.79 Å². The van der Waals surface area contributed by atoms with Crippen molar-refractivity contribution in [2.45, 2.75) is 12.5 Å². The first-order chi connectivity index (χ1) is 12.3. The van der Waals surface area contributed by atoms with Crippen molar-refractivity contribution in [2.75, 3.05) is 23.7 Å². The van der Waals surface area contributed by atoms with Crippen LogP contribution in [0.15, 0.2) is 54.9 Å². The molecule has 7 heteroatoms. The van der Waals surface area contributed by atoms with E-state index in [0.29, 0.717) is 22.9 Å². The zero-order valence-electron chi connectivity index (χ0n) is 14.1. The molecular formula is C19H20ClN5O. The average Bonchev–Trinajstić information content (AvgIpc) is 3.16. The van der Waals surface area contributed by atoms with Gasteiger partial charge in [0.15, 0.2) is 0 Å². The van der Waals surface area contributed by atoms with Crippen molar-refractivity contribution in [3.8, 4) is 0 Å². The number of rotatable bonds is 4. The highest BCUT2D eigenvalue weighted by molar-refractivity contribution is 6.13. The zero-order valence-corrected chi connectivity index (χ0v) is 14.9. The van der Waals surface area contributed by atoms with Crippen molar-refractivity contribution >= 4 is 40.7 Å². The molecule has 0 aliphatic carbocycles. The third-order valence-corrected chi connectivity index (χ3v) is 4.34. The van der Waals surface area contributed by atoms with E-state index in [1.165, 1.54) is 0 Å². The summed E-state index contributed by atoms with van der Waals surface area (Å²) in [5.41, 5.74) is 2.23. The SMILES string of the molecule is Cl.O=C(Nc1ccccn1)c1ccc(NC2CCNC2)c2cccnc12. The number of carbonyl (C=O) groups excluding carboxylic acids is 1. The number of halogens is 1. The predicted molar refractivity (Wildman–Crippen MR) is 106 cm³/mol. The standard InChI is InChI=1S/C19H19N5O.ClH/c25-19(24-17-5-1-2-9-21-17)15-6-7-16(23-13-8-11-20-12-13)14-4-3-10-22-18(14)15;/h1-7,9-10,13,20,23H,8,11-12H2,(H,21,24,25);1H. The van der Waals surface area contributed by atoms with Crippen molar-refractivity contribution in [3.63, 3.8) is 0 Å². The molecule has 1 amide bonds. The van der Waals surface area contributed by atoms with Crippen LogP contribution in [0.3, 0.4) is 0 Å². The molecule has 1 unspecified atom stereocenters. The molecule has 1 fully saturated rings. The van der Waals surface area contributed by atoms with Gasteiger partial charge in [0, 0.05) is 36.1 Å². The molecule has 26 heavy (non-hydrogen) atoms. The van der Waals surface area contributed by atoms with Gasteiger partial charge in [0.05, 0.1) is 11.1 Å². The van der Waals surface area contributed by atoms with E-state index in [4.69, 9.17) is 0 Å². The molecule has 1 aliphatic heterocycles. The molecule has 3 aromatic rings. The van der Waals surface area contributed by atoms with Gasteiger partial charge in [0.1, 0.15) is 5.82 Å². The van der Waals surface area contributed by atoms with Gasteiger partial charge in [-0.2, -0.15) is 0 Å². The van der Waals surface area contributed by atoms with E-state index in [1.54, 1.807) is 18.5 Å². The molecule has 1 aromatic carbocycles. The van der Waals surface area contributed by atoms with Gasteiger partial charge in [-0.1, -0.05) is 6.07 Å². The number of carbonyl (C=O) groups is 1. The Morgan fingerprint density at radius 1 is 1.08 bits per heavy atom. The fraction of sp³-hybridized carbons (Fsp3) is 0.211. The molecule has 1 aliphatic rings. The van der Waals surface area contributed by atoms with Gasteiger partial charge in [-0.25, -0.2) is 4.98 Å². The summed E-state index contributed by atoms with van der Waals surface area (Å²) in [6, 6.07) is 13.5. The third kappa shape index (κ3) is 3.76. The van der Waals surface area contributed by atoms with E-state index in [2.05, 4.69) is 25.9 Å². The maximum absolute atomic E-state index is 12.7. The summed E-state index contributed by atoms with van der Waals surface area (Å²) in [7, 11) is 0. The lowest BCUT2D eigenvalue weighted by Gasteiger charge is -2.16. The summed E-state index contributed by atoms with van der Waals surface area (Å²) in [6.07, 6.45) is 4.44. The summed E-state index contributed by atoms with van der Waals surface area (Å²) in [5, 5.41) is 10.7. The first-order valence-electron chi connectivity index (χ1n) is 8.38. The molecule has 2 aromatic heterocycles. The molecule has 1 saturated heterocycles. The molecule has 0 spiro atoms. The number of hydrogen-bond acceptors (Lipinski definition) is 5. The van der Waals surface area contributed by atoms with Crippen LogP contribution in [0.25, 0.3) is 10.9 Å². The van der Waals surface area contributed by atoms with E-state index in [-0.39, 0.29) is 18.3 Å². The monoisotopic (exact) mass is 369 g/mol. The van der Waals surface area contributed by atoms with E-state index < -0.39 is 0 Å². The van der Waals surface area contributed by atoms with Gasteiger partial charge >= 0.3 is 0 Å². The fourth-order valence-electron chi connectivity index (χ4n) is 3.10. The lowest BCUT2D eigenvalue weighted by molar-refractivity contribution is 0.102. The Bertz CT molecular complexity index is 897. The van der Waals surface area contributed by atoms with E-state index in [1.807, 2.05) is 36.4 Å². The van der Waals surface area contributed by atoms with Crippen LogP contribution >= 0.6 is 12.4 Å². The van der Waals surface area contributed by atoms with E-state index >= 15 is 0 Å². The molecule has 3 heterocycles. The minimum atomic E-state index is -0.212. The molecule has 3 N–H and O–H groups in total. The summed E-state index contributed by atoms with van der Waals surface area (Å²) in [6.45, 7) is 1.97. The van der Waals surface area contributed by atoms with E-state index in [9.17, 15) is 4.79 Å². The number of benzene rings is 1. The topological polar surface area (TPSA) is 78.9 Å². The van der Waals surface area contributed by atoms with Crippen LogP contribution in [-0.2, 0) is 0 Å². The van der Waals surface area contributed by atoms with Gasteiger partial charge in [-0.15, -0.1) is 12.4 Å². The second-order valence-electron chi connectivity index (χ2n) is 6.06. The number of nitrogens with one attached hydrogen (secondary N) is 3. The highest BCUT2D eigenvalue weighted by atomic mass is 35.5. The van der Waals surface area contributed by atoms with Gasteiger partial charge in [0.2, 0.25) is 0 Å². The van der Waals surface area contributed by atoms with Gasteiger partial charge < -0.3 is 16.0 Å². The summed E-state index contributed by atoms with van der Waals surface area (Å²) < 4.78 is 0. The van der Waals surface area contributed by atoms with Gasteiger partial charge in [0.25, 0.3) is 5.91 Å². The fourth-order valence-corrected chi connectivity index (χ4v) is 3.10. The third-order valence-electron chi connectivity index (χ3n) is 4.34. The highest BCUT2D eigenvalue weighted by Gasteiger charge is 2.18. The second kappa shape index (κ2) is 8.12. The van der Waals surface area contributed by atoms with Crippen LogP contribution in [0, 0.1) is 0 Å². The number of aromatic nitrogens is 2. The van der Waals surface area contributed by atoms with Crippen molar-refractivity contribution in [2.24, 2.45) is 0 Å². The smallest absolute Gasteiger partial charge is 0.259 e. The molecular weight excluding hydrogens is 350 g/mol. The minimum Gasteiger partial charge on any atom is -0.380 e. The Labute approximate surface area is 157 Å². The number of pyridine rings is 2. The Balaban J connectivity index is 0.00000196. The average molecular weight is 370 g/mol. The lowest BCUT2D eigenvalue weighted by atomic mass is 10.1. The normalized spacial score (nSPS) is 16.1. The molecule has 0 bridgehead atoms. The summed E-state index contributed by atoms with van der Waals surface area (Å²) >= 11 is 0. The van der Waals surface area contributed by atoms with E-state index in [0.717, 1.165) is 30.6 Å². The molecule has 0 radical (unpaired) electrons. The van der Waals surface area contributed by atoms with Crippen molar-refractivity contribution in [1.29, 1.82) is 0 Å².